The highest BCUT2D eigenvalue weighted by atomic mass is 35.5. The van der Waals surface area contributed by atoms with Crippen LogP contribution in [0.4, 0.5) is 5.69 Å². The van der Waals surface area contributed by atoms with E-state index in [1.165, 1.54) is 12.1 Å². The summed E-state index contributed by atoms with van der Waals surface area (Å²) in [5.74, 6) is 0.555. The second kappa shape index (κ2) is 8.32. The molecule has 130 valence electrons. The molecule has 1 heterocycles. The van der Waals surface area contributed by atoms with Gasteiger partial charge in [0, 0.05) is 22.8 Å². The maximum Gasteiger partial charge on any atom is 0.287 e. The Morgan fingerprint density at radius 1 is 1.20 bits per heavy atom. The number of thiocarbonyl (C=S) groups is 1. The average molecular weight is 374 g/mol. The predicted molar refractivity (Wildman–Crippen MR) is 108 cm³/mol. The number of nitrogens with zero attached hydrogens (tertiary/aromatic N) is 1. The summed E-state index contributed by atoms with van der Waals surface area (Å²) in [6.07, 6.45) is 2.31. The average Bonchev–Trinajstić information content (AvgIpc) is 3.10. The van der Waals surface area contributed by atoms with Crippen LogP contribution in [0.25, 0.3) is 0 Å². The molecule has 0 spiro atoms. The highest BCUT2D eigenvalue weighted by Crippen LogP contribution is 2.26. The third kappa shape index (κ3) is 4.71. The molecule has 6 heteroatoms. The highest BCUT2D eigenvalue weighted by molar-refractivity contribution is 7.79. The number of nitrogen functional groups attached to an aromatic ring is 1. The van der Waals surface area contributed by atoms with Gasteiger partial charge in [-0.1, -0.05) is 29.8 Å². The number of rotatable bonds is 4. The summed E-state index contributed by atoms with van der Waals surface area (Å²) in [5.41, 5.74) is 8.19. The van der Waals surface area contributed by atoms with Crippen molar-refractivity contribution in [2.24, 2.45) is 5.73 Å². The van der Waals surface area contributed by atoms with Gasteiger partial charge in [-0.25, -0.2) is 4.99 Å². The van der Waals surface area contributed by atoms with Crippen molar-refractivity contribution in [3.63, 3.8) is 0 Å². The Morgan fingerprint density at radius 2 is 1.92 bits per heavy atom. The first-order valence-electron chi connectivity index (χ1n) is 8.38. The number of hydrogen-bond acceptors (Lipinski definition) is 2. The molecular formula is C19H22ClN4S+. The van der Waals surface area contributed by atoms with E-state index < -0.39 is 0 Å². The van der Waals surface area contributed by atoms with Gasteiger partial charge < -0.3 is 10.6 Å². The minimum atomic E-state index is 0.402. The summed E-state index contributed by atoms with van der Waals surface area (Å²) < 4.78 is 0. The van der Waals surface area contributed by atoms with Crippen LogP contribution in [0.1, 0.15) is 18.4 Å². The van der Waals surface area contributed by atoms with Crippen LogP contribution < -0.4 is 20.9 Å². The monoisotopic (exact) mass is 373 g/mol. The molecule has 0 bridgehead atoms. The van der Waals surface area contributed by atoms with E-state index in [0.29, 0.717) is 17.0 Å². The molecule has 0 saturated carbocycles. The Bertz CT molecular complexity index is 746. The molecule has 1 saturated heterocycles. The van der Waals surface area contributed by atoms with Crippen LogP contribution in [0.15, 0.2) is 54.6 Å². The Labute approximate surface area is 158 Å². The quantitative estimate of drug-likeness (QED) is 0.433. The molecule has 0 radical (unpaired) electrons. The van der Waals surface area contributed by atoms with Gasteiger partial charge in [0.1, 0.15) is 0 Å². The molecule has 1 fully saturated rings. The molecule has 25 heavy (non-hydrogen) atoms. The number of halogens is 1. The predicted octanol–water partition coefficient (Wildman–Crippen LogP) is 1.67. The van der Waals surface area contributed by atoms with Gasteiger partial charge in [0.25, 0.3) is 5.11 Å². The second-order valence-electron chi connectivity index (χ2n) is 6.08. The van der Waals surface area contributed by atoms with Crippen LogP contribution in [0, 0.1) is 0 Å². The summed E-state index contributed by atoms with van der Waals surface area (Å²) in [4.78, 5) is 5.46. The topological polar surface area (TPSA) is 55.3 Å². The van der Waals surface area contributed by atoms with E-state index in [9.17, 15) is 0 Å². The molecule has 4 nitrogen and oxygen atoms in total. The first kappa shape index (κ1) is 17.7. The van der Waals surface area contributed by atoms with Crippen molar-refractivity contribution >= 4 is 40.5 Å². The number of anilines is 1. The Kier molecular flexibility index (Phi) is 5.89. The molecule has 2 aromatic rings. The SMILES string of the molecule is N/C(=[NH+]\C(=S)NC[C@@H]1CCCN1c1ccc(Cl)cc1)c1ccccc1. The van der Waals surface area contributed by atoms with E-state index in [-0.39, 0.29) is 0 Å². The summed E-state index contributed by atoms with van der Waals surface area (Å²) in [6, 6.07) is 18.2. The lowest BCUT2D eigenvalue weighted by molar-refractivity contribution is -0.316. The van der Waals surface area contributed by atoms with Gasteiger partial charge in [0.05, 0.1) is 12.6 Å². The minimum Gasteiger partial charge on any atom is -0.365 e. The fourth-order valence-corrected chi connectivity index (χ4v) is 3.41. The van der Waals surface area contributed by atoms with E-state index in [4.69, 9.17) is 29.6 Å². The lowest BCUT2D eigenvalue weighted by Gasteiger charge is -2.26. The van der Waals surface area contributed by atoms with Gasteiger partial charge in [0.2, 0.25) is 5.84 Å². The van der Waals surface area contributed by atoms with Crippen molar-refractivity contribution < 1.29 is 4.99 Å². The largest absolute Gasteiger partial charge is 0.365 e. The molecule has 0 amide bonds. The van der Waals surface area contributed by atoms with Crippen LogP contribution in [0.3, 0.4) is 0 Å². The Balaban J connectivity index is 1.58. The van der Waals surface area contributed by atoms with Crippen molar-refractivity contribution in [3.05, 3.63) is 65.2 Å². The van der Waals surface area contributed by atoms with Crippen molar-refractivity contribution in [1.82, 2.24) is 5.32 Å². The second-order valence-corrected chi connectivity index (χ2v) is 6.93. The molecule has 1 aliphatic heterocycles. The maximum atomic E-state index is 6.07. The molecular weight excluding hydrogens is 352 g/mol. The third-order valence-corrected chi connectivity index (χ3v) is 4.87. The van der Waals surface area contributed by atoms with Crippen LogP contribution in [0.5, 0.6) is 0 Å². The van der Waals surface area contributed by atoms with Crippen molar-refractivity contribution in [3.8, 4) is 0 Å². The fraction of sp³-hybridized carbons (Fsp3) is 0.263. The summed E-state index contributed by atoms with van der Waals surface area (Å²) in [7, 11) is 0. The minimum absolute atomic E-state index is 0.402. The van der Waals surface area contributed by atoms with E-state index in [0.717, 1.165) is 30.1 Å². The number of nitrogens with two attached hydrogens (primary N) is 1. The number of nitrogens with one attached hydrogen (secondary N) is 2. The fourth-order valence-electron chi connectivity index (χ4n) is 3.09. The number of amidine groups is 1. The van der Waals surface area contributed by atoms with Gasteiger partial charge >= 0.3 is 0 Å². The Morgan fingerprint density at radius 3 is 2.64 bits per heavy atom. The third-order valence-electron chi connectivity index (χ3n) is 4.37. The van der Waals surface area contributed by atoms with Crippen LogP contribution >= 0.6 is 23.8 Å². The lowest BCUT2D eigenvalue weighted by Crippen LogP contribution is -2.82. The van der Waals surface area contributed by atoms with E-state index >= 15 is 0 Å². The standard InChI is InChI=1S/C19H21ClN4S/c20-15-8-10-16(11-9-15)24-12-4-7-17(24)13-22-19(25)23-18(21)14-5-2-1-3-6-14/h1-3,5-6,8-11,17H,4,7,12-13H2,(H3,21,22,23,25)/p+1/t17-/m0/s1. The van der Waals surface area contributed by atoms with Gasteiger partial charge in [-0.15, -0.1) is 0 Å². The van der Waals surface area contributed by atoms with E-state index in [1.54, 1.807) is 0 Å². The zero-order valence-electron chi connectivity index (χ0n) is 13.9. The molecule has 3 rings (SSSR count). The first-order valence-corrected chi connectivity index (χ1v) is 9.17. The summed E-state index contributed by atoms with van der Waals surface area (Å²) in [5, 5.41) is 4.59. The van der Waals surface area contributed by atoms with Gasteiger partial charge in [-0.3, -0.25) is 5.32 Å². The first-order chi connectivity index (χ1) is 12.1. The highest BCUT2D eigenvalue weighted by Gasteiger charge is 2.25. The van der Waals surface area contributed by atoms with Crippen molar-refractivity contribution in [1.29, 1.82) is 0 Å². The molecule has 1 atom stereocenters. The molecule has 0 aliphatic carbocycles. The van der Waals surface area contributed by atoms with Gasteiger partial charge in [-0.05, 0) is 61.5 Å². The zero-order chi connectivity index (χ0) is 17.6. The molecule has 2 aromatic carbocycles. The summed E-state index contributed by atoms with van der Waals surface area (Å²) in [6.45, 7) is 1.82. The zero-order valence-corrected chi connectivity index (χ0v) is 15.5. The molecule has 0 aromatic heterocycles. The van der Waals surface area contributed by atoms with Crippen molar-refractivity contribution in [2.45, 2.75) is 18.9 Å². The number of hydrogen-bond donors (Lipinski definition) is 3. The molecule has 0 unspecified atom stereocenters. The van der Waals surface area contributed by atoms with Crippen LogP contribution in [-0.4, -0.2) is 30.1 Å². The molecule has 4 N–H and O–H groups in total. The van der Waals surface area contributed by atoms with Crippen LogP contribution in [0.2, 0.25) is 5.02 Å². The lowest BCUT2D eigenvalue weighted by atomic mass is 10.2. The number of benzene rings is 2. The van der Waals surface area contributed by atoms with E-state index in [1.807, 2.05) is 42.5 Å². The normalized spacial score (nSPS) is 17.6. The summed E-state index contributed by atoms with van der Waals surface area (Å²) >= 11 is 11.4. The van der Waals surface area contributed by atoms with Gasteiger partial charge in [0.15, 0.2) is 0 Å². The van der Waals surface area contributed by atoms with Crippen LogP contribution in [-0.2, 0) is 0 Å². The van der Waals surface area contributed by atoms with Crippen molar-refractivity contribution in [2.75, 3.05) is 18.0 Å². The Hall–Kier alpha value is -2.11. The maximum absolute atomic E-state index is 6.07. The smallest absolute Gasteiger partial charge is 0.287 e. The van der Waals surface area contributed by atoms with E-state index in [2.05, 4.69) is 27.3 Å². The molecule has 1 aliphatic rings. The van der Waals surface area contributed by atoms with Gasteiger partial charge in [-0.2, -0.15) is 0 Å².